The molecule has 1 aliphatic heterocycles. The van der Waals surface area contributed by atoms with Crippen molar-refractivity contribution in [2.24, 2.45) is 0 Å². The van der Waals surface area contributed by atoms with E-state index >= 15 is 0 Å². The van der Waals surface area contributed by atoms with Crippen molar-refractivity contribution >= 4 is 32.3 Å². The van der Waals surface area contributed by atoms with Gasteiger partial charge in [0, 0.05) is 10.0 Å². The van der Waals surface area contributed by atoms with Gasteiger partial charge in [-0.25, -0.2) is 9.18 Å². The normalized spacial score (nSPS) is 16.9. The largest absolute Gasteiger partial charge is 0.443 e. The van der Waals surface area contributed by atoms with Gasteiger partial charge in [0.2, 0.25) is 0 Å². The summed E-state index contributed by atoms with van der Waals surface area (Å²) in [7, 11) is -4.44. The standard InChI is InChI=1S/C12H13BrFNO5S/c1-12(2,3)19-11(16)15-6-7-4-8(13)5-9(14)10(7)20-21(15,17)18/h4-5H,6H2,1-3H3. The number of ether oxygens (including phenoxy) is 1. The number of fused-ring (bicyclic) bond motifs is 1. The van der Waals surface area contributed by atoms with Crippen molar-refractivity contribution in [2.45, 2.75) is 32.9 Å². The van der Waals surface area contributed by atoms with E-state index in [1.807, 2.05) is 0 Å². The topological polar surface area (TPSA) is 72.9 Å². The lowest BCUT2D eigenvalue weighted by atomic mass is 10.2. The molecule has 0 spiro atoms. The average Bonchev–Trinajstić information content (AvgIpc) is 2.26. The maximum atomic E-state index is 13.7. The molecular formula is C12H13BrFNO5S. The molecule has 1 heterocycles. The first kappa shape index (κ1) is 16.0. The van der Waals surface area contributed by atoms with Crippen LogP contribution in [0, 0.1) is 5.82 Å². The number of hydrogen-bond donors (Lipinski definition) is 0. The van der Waals surface area contributed by atoms with Gasteiger partial charge in [0.1, 0.15) is 5.60 Å². The summed E-state index contributed by atoms with van der Waals surface area (Å²) >= 11 is 3.10. The summed E-state index contributed by atoms with van der Waals surface area (Å²) in [6.07, 6.45) is -1.08. The number of carbonyl (C=O) groups excluding carboxylic acids is 1. The van der Waals surface area contributed by atoms with E-state index in [-0.39, 0.29) is 12.1 Å². The average molecular weight is 382 g/mol. The van der Waals surface area contributed by atoms with Crippen LogP contribution in [0.2, 0.25) is 0 Å². The molecular weight excluding hydrogens is 369 g/mol. The Labute approximate surface area is 130 Å². The predicted molar refractivity (Wildman–Crippen MR) is 75.4 cm³/mol. The van der Waals surface area contributed by atoms with Crippen LogP contribution in [0.1, 0.15) is 26.3 Å². The number of carbonyl (C=O) groups is 1. The highest BCUT2D eigenvalue weighted by molar-refractivity contribution is 9.10. The van der Waals surface area contributed by atoms with Gasteiger partial charge in [0.15, 0.2) is 11.6 Å². The van der Waals surface area contributed by atoms with Gasteiger partial charge in [-0.2, -0.15) is 12.7 Å². The smallest absolute Gasteiger partial charge is 0.427 e. The molecule has 21 heavy (non-hydrogen) atoms. The van der Waals surface area contributed by atoms with Crippen LogP contribution in [0.5, 0.6) is 5.75 Å². The van der Waals surface area contributed by atoms with E-state index in [1.54, 1.807) is 20.8 Å². The molecule has 0 unspecified atom stereocenters. The summed E-state index contributed by atoms with van der Waals surface area (Å²) in [6.45, 7) is 4.45. The predicted octanol–water partition coefficient (Wildman–Crippen LogP) is 2.96. The van der Waals surface area contributed by atoms with Gasteiger partial charge in [-0.05, 0) is 32.9 Å². The second kappa shape index (κ2) is 5.13. The quantitative estimate of drug-likeness (QED) is 0.690. The third-order valence-corrected chi connectivity index (χ3v) is 4.11. The van der Waals surface area contributed by atoms with Gasteiger partial charge in [-0.15, -0.1) is 0 Å². The third kappa shape index (κ3) is 3.46. The number of rotatable bonds is 0. The van der Waals surface area contributed by atoms with Crippen molar-refractivity contribution in [1.82, 2.24) is 4.31 Å². The summed E-state index contributed by atoms with van der Waals surface area (Å²) in [4.78, 5) is 11.9. The third-order valence-electron chi connectivity index (χ3n) is 2.45. The molecule has 0 radical (unpaired) electrons. The van der Waals surface area contributed by atoms with Crippen molar-refractivity contribution in [3.8, 4) is 5.75 Å². The first-order valence-corrected chi connectivity index (χ1v) is 8.08. The molecule has 0 saturated carbocycles. The molecule has 9 heteroatoms. The van der Waals surface area contributed by atoms with E-state index in [1.165, 1.54) is 6.07 Å². The van der Waals surface area contributed by atoms with Crippen LogP contribution in [-0.2, 0) is 21.6 Å². The lowest BCUT2D eigenvalue weighted by Crippen LogP contribution is -2.44. The summed E-state index contributed by atoms with van der Waals surface area (Å²) in [6, 6.07) is 2.56. The highest BCUT2D eigenvalue weighted by Crippen LogP contribution is 2.34. The fourth-order valence-electron chi connectivity index (χ4n) is 1.68. The Morgan fingerprint density at radius 3 is 2.62 bits per heavy atom. The van der Waals surface area contributed by atoms with E-state index in [2.05, 4.69) is 20.1 Å². The Kier molecular flexibility index (Phi) is 3.92. The van der Waals surface area contributed by atoms with Gasteiger partial charge >= 0.3 is 16.4 Å². The maximum absolute atomic E-state index is 13.7. The molecule has 0 bridgehead atoms. The SMILES string of the molecule is CC(C)(C)OC(=O)N1Cc2cc(Br)cc(F)c2OS1(=O)=O. The highest BCUT2D eigenvalue weighted by Gasteiger charge is 2.39. The zero-order valence-corrected chi connectivity index (χ0v) is 13.9. The number of hydrogen-bond acceptors (Lipinski definition) is 5. The molecule has 0 fully saturated rings. The highest BCUT2D eigenvalue weighted by atomic mass is 79.9. The van der Waals surface area contributed by atoms with Crippen molar-refractivity contribution in [3.63, 3.8) is 0 Å². The van der Waals surface area contributed by atoms with Gasteiger partial charge in [0.25, 0.3) is 0 Å². The molecule has 1 aliphatic rings. The lowest BCUT2D eigenvalue weighted by molar-refractivity contribution is 0.0362. The zero-order chi connectivity index (χ0) is 16.0. The molecule has 0 saturated heterocycles. The van der Waals surface area contributed by atoms with Crippen molar-refractivity contribution in [2.75, 3.05) is 0 Å². The summed E-state index contributed by atoms with van der Waals surface area (Å²) in [5.41, 5.74) is -0.641. The Morgan fingerprint density at radius 1 is 1.43 bits per heavy atom. The van der Waals surface area contributed by atoms with E-state index in [9.17, 15) is 17.6 Å². The van der Waals surface area contributed by atoms with E-state index in [4.69, 9.17) is 4.74 Å². The summed E-state index contributed by atoms with van der Waals surface area (Å²) in [5, 5.41) is 0. The lowest BCUT2D eigenvalue weighted by Gasteiger charge is -2.30. The molecule has 2 rings (SSSR count). The monoisotopic (exact) mass is 381 g/mol. The second-order valence-corrected chi connectivity index (χ2v) is 7.78. The van der Waals surface area contributed by atoms with E-state index in [0.29, 0.717) is 8.78 Å². The van der Waals surface area contributed by atoms with Crippen molar-refractivity contribution in [1.29, 1.82) is 0 Å². The van der Waals surface area contributed by atoms with Crippen LogP contribution in [0.4, 0.5) is 9.18 Å². The first-order valence-electron chi connectivity index (χ1n) is 5.93. The van der Waals surface area contributed by atoms with Crippen molar-refractivity contribution in [3.05, 3.63) is 28.0 Å². The van der Waals surface area contributed by atoms with E-state index in [0.717, 1.165) is 6.07 Å². The fourth-order valence-corrected chi connectivity index (χ4v) is 3.16. The summed E-state index contributed by atoms with van der Waals surface area (Å²) in [5.74, 6) is -1.23. The maximum Gasteiger partial charge on any atom is 0.427 e. The number of benzene rings is 1. The minimum absolute atomic E-state index is 0.225. The van der Waals surface area contributed by atoms with Crippen LogP contribution in [0.3, 0.4) is 0 Å². The molecule has 116 valence electrons. The number of nitrogens with zero attached hydrogens (tertiary/aromatic N) is 1. The first-order chi connectivity index (χ1) is 9.49. The molecule has 0 aromatic heterocycles. The fraction of sp³-hybridized carbons (Fsp3) is 0.417. The van der Waals surface area contributed by atoms with Crippen LogP contribution in [0.15, 0.2) is 16.6 Å². The van der Waals surface area contributed by atoms with Crippen LogP contribution in [-0.4, -0.2) is 24.4 Å². The van der Waals surface area contributed by atoms with Crippen LogP contribution < -0.4 is 4.18 Å². The van der Waals surface area contributed by atoms with Gasteiger partial charge in [-0.1, -0.05) is 15.9 Å². The van der Waals surface area contributed by atoms with Gasteiger partial charge in [0.05, 0.1) is 6.54 Å². The molecule has 1 aromatic carbocycles. The molecule has 1 aromatic rings. The molecule has 1 amide bonds. The number of amides is 1. The minimum atomic E-state index is -4.44. The molecule has 0 N–H and O–H groups in total. The van der Waals surface area contributed by atoms with E-state index < -0.39 is 33.6 Å². The second-order valence-electron chi connectivity index (χ2n) is 5.40. The summed E-state index contributed by atoms with van der Waals surface area (Å²) < 4.78 is 48.1. The van der Waals surface area contributed by atoms with Gasteiger partial charge in [-0.3, -0.25) is 0 Å². The molecule has 0 atom stereocenters. The van der Waals surface area contributed by atoms with Crippen LogP contribution in [0.25, 0.3) is 0 Å². The van der Waals surface area contributed by atoms with Gasteiger partial charge < -0.3 is 8.92 Å². The Morgan fingerprint density at radius 2 is 2.05 bits per heavy atom. The zero-order valence-electron chi connectivity index (χ0n) is 11.5. The molecule has 0 aliphatic carbocycles. The number of halogens is 2. The Hall–Kier alpha value is -1.35. The van der Waals surface area contributed by atoms with Crippen LogP contribution >= 0.6 is 15.9 Å². The van der Waals surface area contributed by atoms with Crippen molar-refractivity contribution < 1.29 is 26.5 Å². The Balaban J connectivity index is 2.40. The molecule has 6 nitrogen and oxygen atoms in total. The Bertz CT molecular complexity index is 698. The minimum Gasteiger partial charge on any atom is -0.443 e.